The van der Waals surface area contributed by atoms with Gasteiger partial charge in [0, 0.05) is 16.6 Å². The summed E-state index contributed by atoms with van der Waals surface area (Å²) in [7, 11) is 3.13. The zero-order chi connectivity index (χ0) is 17.8. The van der Waals surface area contributed by atoms with Crippen LogP contribution in [0.25, 0.3) is 10.6 Å². The van der Waals surface area contributed by atoms with Crippen LogP contribution in [0, 0.1) is 5.82 Å². The molecule has 0 aliphatic rings. The average Bonchev–Trinajstić information content (AvgIpc) is 3.13. The van der Waals surface area contributed by atoms with Crippen molar-refractivity contribution in [3.63, 3.8) is 0 Å². The lowest BCUT2D eigenvalue weighted by Crippen LogP contribution is -2.12. The minimum atomic E-state index is -0.359. The predicted molar refractivity (Wildman–Crippen MR) is 95.0 cm³/mol. The van der Waals surface area contributed by atoms with Crippen LogP contribution in [0.15, 0.2) is 47.8 Å². The molecule has 25 heavy (non-hydrogen) atoms. The molecule has 0 aliphatic carbocycles. The maximum absolute atomic E-state index is 12.9. The van der Waals surface area contributed by atoms with Gasteiger partial charge in [0.05, 0.1) is 14.2 Å². The van der Waals surface area contributed by atoms with E-state index in [4.69, 9.17) is 9.47 Å². The van der Waals surface area contributed by atoms with E-state index in [2.05, 4.69) is 10.3 Å². The molecule has 1 amide bonds. The van der Waals surface area contributed by atoms with Gasteiger partial charge in [0.25, 0.3) is 5.91 Å². The normalized spacial score (nSPS) is 10.4. The Morgan fingerprint density at radius 1 is 1.08 bits per heavy atom. The van der Waals surface area contributed by atoms with Crippen molar-refractivity contribution in [2.45, 2.75) is 0 Å². The van der Waals surface area contributed by atoms with Crippen molar-refractivity contribution < 1.29 is 18.7 Å². The summed E-state index contributed by atoms with van der Waals surface area (Å²) in [5, 5.41) is 5.04. The molecule has 2 aromatic carbocycles. The van der Waals surface area contributed by atoms with E-state index in [1.54, 1.807) is 31.7 Å². The van der Waals surface area contributed by atoms with E-state index in [-0.39, 0.29) is 11.7 Å². The van der Waals surface area contributed by atoms with E-state index in [1.165, 1.54) is 35.6 Å². The number of nitrogens with one attached hydrogen (secondary N) is 1. The van der Waals surface area contributed by atoms with Crippen LogP contribution in [0.5, 0.6) is 11.5 Å². The summed E-state index contributed by atoms with van der Waals surface area (Å²) in [5.41, 5.74) is 1.62. The molecule has 0 bridgehead atoms. The number of nitrogens with zero attached hydrogens (tertiary/aromatic N) is 1. The molecule has 1 aromatic heterocycles. The van der Waals surface area contributed by atoms with Crippen LogP contribution >= 0.6 is 11.3 Å². The fraction of sp³-hybridized carbons (Fsp3) is 0.111. The number of amides is 1. The SMILES string of the molecule is COc1ccc(-c2nc(C(=O)Nc3ccc(F)cc3)cs2)cc1OC. The minimum Gasteiger partial charge on any atom is -0.493 e. The Morgan fingerprint density at radius 2 is 1.80 bits per heavy atom. The maximum atomic E-state index is 12.9. The van der Waals surface area contributed by atoms with Gasteiger partial charge in [-0.1, -0.05) is 0 Å². The molecule has 7 heteroatoms. The minimum absolute atomic E-state index is 0.291. The summed E-state index contributed by atoms with van der Waals surface area (Å²) >= 11 is 1.35. The van der Waals surface area contributed by atoms with Gasteiger partial charge in [-0.25, -0.2) is 9.37 Å². The smallest absolute Gasteiger partial charge is 0.275 e. The van der Waals surface area contributed by atoms with Crippen LogP contribution in [0.1, 0.15) is 10.5 Å². The van der Waals surface area contributed by atoms with Crippen LogP contribution in [-0.4, -0.2) is 25.1 Å². The number of hydrogen-bond donors (Lipinski definition) is 1. The van der Waals surface area contributed by atoms with Crippen LogP contribution < -0.4 is 14.8 Å². The lowest BCUT2D eigenvalue weighted by atomic mass is 10.2. The van der Waals surface area contributed by atoms with Crippen molar-refractivity contribution in [1.29, 1.82) is 0 Å². The maximum Gasteiger partial charge on any atom is 0.275 e. The number of carbonyl (C=O) groups is 1. The van der Waals surface area contributed by atoms with Crippen molar-refractivity contribution >= 4 is 22.9 Å². The molecule has 3 rings (SSSR count). The molecule has 1 N–H and O–H groups in total. The highest BCUT2D eigenvalue weighted by atomic mass is 32.1. The molecule has 0 saturated heterocycles. The van der Waals surface area contributed by atoms with Gasteiger partial charge in [0.2, 0.25) is 0 Å². The summed E-state index contributed by atoms with van der Waals surface area (Å²) in [4.78, 5) is 16.6. The van der Waals surface area contributed by atoms with Gasteiger partial charge in [0.1, 0.15) is 16.5 Å². The molecular weight excluding hydrogens is 343 g/mol. The number of ether oxygens (including phenoxy) is 2. The van der Waals surface area contributed by atoms with E-state index in [0.717, 1.165) is 5.56 Å². The Balaban J connectivity index is 1.80. The molecule has 0 atom stereocenters. The zero-order valence-corrected chi connectivity index (χ0v) is 14.4. The first-order valence-corrected chi connectivity index (χ1v) is 8.23. The third-order valence-corrected chi connectivity index (χ3v) is 4.36. The summed E-state index contributed by atoms with van der Waals surface area (Å²) in [5.74, 6) is 0.501. The molecule has 1 heterocycles. The summed E-state index contributed by atoms with van der Waals surface area (Å²) in [6, 6.07) is 11.0. The van der Waals surface area contributed by atoms with Crippen molar-refractivity contribution in [3.8, 4) is 22.1 Å². The molecule has 5 nitrogen and oxygen atoms in total. The van der Waals surface area contributed by atoms with Gasteiger partial charge >= 0.3 is 0 Å². The number of anilines is 1. The molecular formula is C18H15FN2O3S. The van der Waals surface area contributed by atoms with Gasteiger partial charge in [-0.2, -0.15) is 0 Å². The fourth-order valence-corrected chi connectivity index (χ4v) is 3.01. The lowest BCUT2D eigenvalue weighted by molar-refractivity contribution is 0.102. The second-order valence-electron chi connectivity index (χ2n) is 5.07. The Morgan fingerprint density at radius 3 is 2.48 bits per heavy atom. The highest BCUT2D eigenvalue weighted by Crippen LogP contribution is 2.33. The number of rotatable bonds is 5. The van der Waals surface area contributed by atoms with Crippen LogP contribution in [0.4, 0.5) is 10.1 Å². The Hall–Kier alpha value is -2.93. The van der Waals surface area contributed by atoms with Gasteiger partial charge < -0.3 is 14.8 Å². The van der Waals surface area contributed by atoms with Crippen molar-refractivity contribution in [3.05, 3.63) is 59.4 Å². The number of halogens is 1. The van der Waals surface area contributed by atoms with Gasteiger partial charge in [-0.15, -0.1) is 11.3 Å². The number of hydrogen-bond acceptors (Lipinski definition) is 5. The number of benzene rings is 2. The molecule has 0 spiro atoms. The van der Waals surface area contributed by atoms with Gasteiger partial charge in [-0.3, -0.25) is 4.79 Å². The quantitative estimate of drug-likeness (QED) is 0.742. The topological polar surface area (TPSA) is 60.5 Å². The molecule has 0 saturated carbocycles. The highest BCUT2D eigenvalue weighted by molar-refractivity contribution is 7.13. The lowest BCUT2D eigenvalue weighted by Gasteiger charge is -2.08. The molecule has 0 unspecified atom stereocenters. The molecule has 0 radical (unpaired) electrons. The third kappa shape index (κ3) is 3.77. The van der Waals surface area contributed by atoms with E-state index >= 15 is 0 Å². The van der Waals surface area contributed by atoms with E-state index in [9.17, 15) is 9.18 Å². The summed E-state index contributed by atoms with van der Waals surface area (Å²) in [6.45, 7) is 0. The number of aromatic nitrogens is 1. The third-order valence-electron chi connectivity index (χ3n) is 3.47. The predicted octanol–water partition coefficient (Wildman–Crippen LogP) is 4.22. The molecule has 0 aliphatic heterocycles. The van der Waals surface area contributed by atoms with Gasteiger partial charge in [0.15, 0.2) is 11.5 Å². The number of carbonyl (C=O) groups excluding carboxylic acids is 1. The summed E-state index contributed by atoms with van der Waals surface area (Å²) in [6.07, 6.45) is 0. The number of methoxy groups -OCH3 is 2. The molecule has 128 valence electrons. The average molecular weight is 358 g/mol. The first-order valence-electron chi connectivity index (χ1n) is 7.35. The van der Waals surface area contributed by atoms with Crippen molar-refractivity contribution in [2.75, 3.05) is 19.5 Å². The standard InChI is InChI=1S/C18H15FN2O3S/c1-23-15-8-3-11(9-16(15)24-2)18-21-14(10-25-18)17(22)20-13-6-4-12(19)5-7-13/h3-10H,1-2H3,(H,20,22). The molecule has 0 fully saturated rings. The Labute approximate surface area is 148 Å². The fourth-order valence-electron chi connectivity index (χ4n) is 2.21. The summed E-state index contributed by atoms with van der Waals surface area (Å²) < 4.78 is 23.4. The van der Waals surface area contributed by atoms with E-state index in [1.807, 2.05) is 6.07 Å². The van der Waals surface area contributed by atoms with Crippen LogP contribution in [0.3, 0.4) is 0 Å². The van der Waals surface area contributed by atoms with Crippen molar-refractivity contribution in [2.24, 2.45) is 0 Å². The molecule has 3 aromatic rings. The second-order valence-corrected chi connectivity index (χ2v) is 5.93. The Kier molecular flexibility index (Phi) is 4.95. The van der Waals surface area contributed by atoms with E-state index in [0.29, 0.717) is 27.9 Å². The highest BCUT2D eigenvalue weighted by Gasteiger charge is 2.14. The first kappa shape index (κ1) is 16.9. The zero-order valence-electron chi connectivity index (χ0n) is 13.6. The van der Waals surface area contributed by atoms with E-state index < -0.39 is 0 Å². The van der Waals surface area contributed by atoms with Gasteiger partial charge in [-0.05, 0) is 42.5 Å². The van der Waals surface area contributed by atoms with Crippen LogP contribution in [-0.2, 0) is 0 Å². The first-order chi connectivity index (χ1) is 12.1. The Bertz CT molecular complexity index is 894. The largest absolute Gasteiger partial charge is 0.493 e. The monoisotopic (exact) mass is 358 g/mol. The van der Waals surface area contributed by atoms with Crippen molar-refractivity contribution in [1.82, 2.24) is 4.98 Å². The number of thiazole rings is 1. The van der Waals surface area contributed by atoms with Crippen LogP contribution in [0.2, 0.25) is 0 Å². The second kappa shape index (κ2) is 7.31.